The fraction of sp³-hybridized carbons (Fsp3) is 0.867. The molecule has 0 aliphatic carbocycles. The molecule has 0 amide bonds. The molecule has 0 aliphatic heterocycles. The largest absolute Gasteiger partial charge is 0.481 e. The molecular formula is C15H30O4. The zero-order valence-electron chi connectivity index (χ0n) is 12.7. The van der Waals surface area contributed by atoms with E-state index in [1.807, 2.05) is 0 Å². The highest BCUT2D eigenvalue weighted by Crippen LogP contribution is 2.10. The van der Waals surface area contributed by atoms with Gasteiger partial charge in [0.15, 0.2) is 0 Å². The van der Waals surface area contributed by atoms with E-state index in [0.29, 0.717) is 6.42 Å². The molecule has 0 atom stereocenters. The molecule has 0 saturated carbocycles. The summed E-state index contributed by atoms with van der Waals surface area (Å²) < 4.78 is 4.11. The topological polar surface area (TPSA) is 63.6 Å². The van der Waals surface area contributed by atoms with E-state index in [1.165, 1.54) is 59.0 Å². The van der Waals surface area contributed by atoms with Crippen LogP contribution in [0.15, 0.2) is 0 Å². The van der Waals surface area contributed by atoms with E-state index in [0.717, 1.165) is 12.8 Å². The van der Waals surface area contributed by atoms with Crippen LogP contribution in [0.2, 0.25) is 0 Å². The lowest BCUT2D eigenvalue weighted by molar-refractivity contribution is -0.138. The number of rotatable bonds is 10. The van der Waals surface area contributed by atoms with Crippen molar-refractivity contribution in [2.24, 2.45) is 0 Å². The molecule has 0 fully saturated rings. The average Bonchev–Trinajstić information content (AvgIpc) is 2.37. The summed E-state index contributed by atoms with van der Waals surface area (Å²) in [6.45, 7) is 3.59. The summed E-state index contributed by atoms with van der Waals surface area (Å²) in [5.41, 5.74) is 0. The van der Waals surface area contributed by atoms with Crippen LogP contribution in [0.5, 0.6) is 0 Å². The fourth-order valence-corrected chi connectivity index (χ4v) is 1.59. The maximum Gasteiger partial charge on any atom is 0.303 e. The molecule has 1 N–H and O–H groups in total. The number of unbranched alkanes of at least 4 members (excludes halogenated alkanes) is 8. The number of esters is 1. The second kappa shape index (κ2) is 16.9. The van der Waals surface area contributed by atoms with Crippen LogP contribution in [0, 0.1) is 0 Å². The van der Waals surface area contributed by atoms with Gasteiger partial charge in [0.2, 0.25) is 0 Å². The summed E-state index contributed by atoms with van der Waals surface area (Å²) in [4.78, 5) is 19.8. The van der Waals surface area contributed by atoms with E-state index in [-0.39, 0.29) is 5.97 Å². The summed E-state index contributed by atoms with van der Waals surface area (Å²) in [5, 5.41) is 8.41. The maximum absolute atomic E-state index is 10.2. The van der Waals surface area contributed by atoms with Crippen molar-refractivity contribution in [3.05, 3.63) is 0 Å². The fourth-order valence-electron chi connectivity index (χ4n) is 1.59. The number of carbonyl (C=O) groups is 2. The van der Waals surface area contributed by atoms with Crippen LogP contribution in [0.4, 0.5) is 0 Å². The number of aliphatic carboxylic acids is 1. The van der Waals surface area contributed by atoms with Gasteiger partial charge in [-0.05, 0) is 6.42 Å². The monoisotopic (exact) mass is 274 g/mol. The molecule has 0 aliphatic rings. The van der Waals surface area contributed by atoms with Gasteiger partial charge < -0.3 is 9.84 Å². The van der Waals surface area contributed by atoms with E-state index < -0.39 is 5.97 Å². The summed E-state index contributed by atoms with van der Waals surface area (Å²) in [6.07, 6.45) is 11.5. The van der Waals surface area contributed by atoms with Crippen molar-refractivity contribution in [2.75, 3.05) is 7.11 Å². The minimum atomic E-state index is -0.659. The lowest BCUT2D eigenvalue weighted by Crippen LogP contribution is -1.93. The van der Waals surface area contributed by atoms with Crippen LogP contribution < -0.4 is 0 Å². The van der Waals surface area contributed by atoms with Crippen molar-refractivity contribution >= 4 is 11.9 Å². The Balaban J connectivity index is 0. The molecule has 0 saturated heterocycles. The van der Waals surface area contributed by atoms with Gasteiger partial charge in [-0.2, -0.15) is 0 Å². The molecule has 4 heteroatoms. The first kappa shape index (κ1) is 20.3. The molecular weight excluding hydrogens is 244 g/mol. The van der Waals surface area contributed by atoms with Gasteiger partial charge >= 0.3 is 11.9 Å². The molecule has 0 aromatic rings. The van der Waals surface area contributed by atoms with Crippen molar-refractivity contribution in [3.8, 4) is 0 Å². The Morgan fingerprint density at radius 1 is 0.895 bits per heavy atom. The standard InChI is InChI=1S/C12H24O2.C3H6O2/c1-2-3-4-5-6-7-8-9-10-11-12(13)14;1-3(4)5-2/h2-11H2,1H3,(H,13,14);1-2H3. The minimum absolute atomic E-state index is 0.245. The third-order valence-electron chi connectivity index (χ3n) is 2.78. The van der Waals surface area contributed by atoms with Crippen LogP contribution in [0.1, 0.15) is 78.1 Å². The highest BCUT2D eigenvalue weighted by Gasteiger charge is 1.96. The molecule has 4 nitrogen and oxygen atoms in total. The highest BCUT2D eigenvalue weighted by molar-refractivity contribution is 5.66. The Hall–Kier alpha value is -1.06. The summed E-state index contributed by atoms with van der Waals surface area (Å²) in [6, 6.07) is 0. The highest BCUT2D eigenvalue weighted by atomic mass is 16.5. The van der Waals surface area contributed by atoms with E-state index >= 15 is 0 Å². The quantitative estimate of drug-likeness (QED) is 0.479. The molecule has 114 valence electrons. The second-order valence-corrected chi connectivity index (χ2v) is 4.67. The number of hydrogen-bond donors (Lipinski definition) is 1. The van der Waals surface area contributed by atoms with E-state index in [4.69, 9.17) is 5.11 Å². The predicted octanol–water partition coefficient (Wildman–Crippen LogP) is 4.17. The molecule has 0 aromatic heterocycles. The van der Waals surface area contributed by atoms with Gasteiger partial charge in [-0.15, -0.1) is 0 Å². The van der Waals surface area contributed by atoms with Gasteiger partial charge in [0.25, 0.3) is 0 Å². The van der Waals surface area contributed by atoms with Crippen molar-refractivity contribution in [1.29, 1.82) is 0 Å². The molecule has 0 spiro atoms. The van der Waals surface area contributed by atoms with Crippen molar-refractivity contribution in [2.45, 2.75) is 78.1 Å². The molecule has 19 heavy (non-hydrogen) atoms. The van der Waals surface area contributed by atoms with Gasteiger partial charge in [0, 0.05) is 13.3 Å². The summed E-state index contributed by atoms with van der Waals surface area (Å²) in [7, 11) is 1.35. The van der Waals surface area contributed by atoms with E-state index in [9.17, 15) is 9.59 Å². The zero-order chi connectivity index (χ0) is 14.9. The number of carboxylic acid groups (broad SMARTS) is 1. The van der Waals surface area contributed by atoms with Gasteiger partial charge in [-0.1, -0.05) is 58.3 Å². The number of methoxy groups -OCH3 is 1. The zero-order valence-corrected chi connectivity index (χ0v) is 12.7. The van der Waals surface area contributed by atoms with Crippen LogP contribution in [0.25, 0.3) is 0 Å². The molecule has 0 bridgehead atoms. The summed E-state index contributed by atoms with van der Waals surface area (Å²) in [5.74, 6) is -0.905. The van der Waals surface area contributed by atoms with Gasteiger partial charge in [0.05, 0.1) is 7.11 Å². The first-order valence-electron chi connectivity index (χ1n) is 7.30. The predicted molar refractivity (Wildman–Crippen MR) is 77.2 cm³/mol. The summed E-state index contributed by atoms with van der Waals surface area (Å²) >= 11 is 0. The number of carbonyl (C=O) groups excluding carboxylic acids is 1. The number of carboxylic acids is 1. The molecule has 0 aromatic carbocycles. The molecule has 0 heterocycles. The van der Waals surface area contributed by atoms with Crippen molar-refractivity contribution in [3.63, 3.8) is 0 Å². The van der Waals surface area contributed by atoms with Crippen molar-refractivity contribution < 1.29 is 19.4 Å². The number of hydrogen-bond acceptors (Lipinski definition) is 3. The maximum atomic E-state index is 10.2. The van der Waals surface area contributed by atoms with E-state index in [1.54, 1.807) is 0 Å². The number of ether oxygens (including phenoxy) is 1. The van der Waals surface area contributed by atoms with Crippen LogP contribution in [0.3, 0.4) is 0 Å². The molecule has 0 unspecified atom stereocenters. The van der Waals surface area contributed by atoms with Crippen molar-refractivity contribution in [1.82, 2.24) is 0 Å². The normalized spacial score (nSPS) is 9.42. The SMILES string of the molecule is CCCCCCCCCCCC(=O)O.COC(C)=O. The first-order chi connectivity index (χ1) is 9.04. The second-order valence-electron chi connectivity index (χ2n) is 4.67. The third-order valence-corrected chi connectivity index (χ3v) is 2.78. The Morgan fingerprint density at radius 3 is 1.58 bits per heavy atom. The lowest BCUT2D eigenvalue weighted by Gasteiger charge is -2.00. The smallest absolute Gasteiger partial charge is 0.303 e. The van der Waals surface area contributed by atoms with Crippen LogP contribution in [-0.4, -0.2) is 24.2 Å². The van der Waals surface area contributed by atoms with E-state index in [2.05, 4.69) is 11.7 Å². The van der Waals surface area contributed by atoms with Gasteiger partial charge in [-0.25, -0.2) is 0 Å². The van der Waals surface area contributed by atoms with Crippen LogP contribution >= 0.6 is 0 Å². The molecule has 0 rings (SSSR count). The Kier molecular flexibility index (Phi) is 18.1. The van der Waals surface area contributed by atoms with Gasteiger partial charge in [-0.3, -0.25) is 9.59 Å². The average molecular weight is 274 g/mol. The first-order valence-corrected chi connectivity index (χ1v) is 7.30. The Labute approximate surface area is 117 Å². The Bertz CT molecular complexity index is 214. The van der Waals surface area contributed by atoms with Crippen LogP contribution in [-0.2, 0) is 14.3 Å². The third kappa shape index (κ3) is 26.5. The van der Waals surface area contributed by atoms with Gasteiger partial charge in [0.1, 0.15) is 0 Å². The Morgan fingerprint density at radius 2 is 1.26 bits per heavy atom. The molecule has 0 radical (unpaired) electrons. The lowest BCUT2D eigenvalue weighted by atomic mass is 10.1. The minimum Gasteiger partial charge on any atom is -0.481 e.